The number of aliphatic imine (C=N–C) groups is 1. The van der Waals surface area contributed by atoms with E-state index in [0.717, 1.165) is 15.6 Å². The molecule has 0 aliphatic carbocycles. The Bertz CT molecular complexity index is 1790. The molecule has 1 aliphatic rings. The third-order valence-corrected chi connectivity index (χ3v) is 8.50. The zero-order valence-electron chi connectivity index (χ0n) is 26.4. The van der Waals surface area contributed by atoms with Crippen LogP contribution >= 0.6 is 15.9 Å². The fourth-order valence-electron chi connectivity index (χ4n) is 5.34. The zero-order chi connectivity index (χ0) is 33.9. The average Bonchev–Trinajstić information content (AvgIpc) is 3.50. The molecule has 0 radical (unpaired) electrons. The van der Waals surface area contributed by atoms with E-state index in [-0.39, 0.29) is 25.5 Å². The summed E-state index contributed by atoms with van der Waals surface area (Å²) in [4.78, 5) is 22.6. The highest BCUT2D eigenvalue weighted by molar-refractivity contribution is 9.10. The van der Waals surface area contributed by atoms with E-state index in [4.69, 9.17) is 29.0 Å². The van der Waals surface area contributed by atoms with Crippen molar-refractivity contribution in [3.8, 4) is 17.2 Å². The highest BCUT2D eigenvalue weighted by Gasteiger charge is 2.54. The van der Waals surface area contributed by atoms with Crippen molar-refractivity contribution in [3.05, 3.63) is 128 Å². The molecule has 3 N–H and O–H groups in total. The van der Waals surface area contributed by atoms with Crippen LogP contribution in [0.1, 0.15) is 34.8 Å². The van der Waals surface area contributed by atoms with Gasteiger partial charge in [0.1, 0.15) is 17.2 Å². The van der Waals surface area contributed by atoms with Crippen molar-refractivity contribution < 1.29 is 28.8 Å². The minimum absolute atomic E-state index is 0.0334. The Morgan fingerprint density at radius 3 is 2.42 bits per heavy atom. The molecule has 248 valence electrons. The van der Waals surface area contributed by atoms with Crippen LogP contribution in [-0.4, -0.2) is 49.9 Å². The van der Waals surface area contributed by atoms with Gasteiger partial charge in [-0.25, -0.2) is 10.4 Å². The van der Waals surface area contributed by atoms with Gasteiger partial charge in [0.05, 0.1) is 20.8 Å². The fourth-order valence-corrected chi connectivity index (χ4v) is 5.77. The molecule has 0 aromatic heterocycles. The predicted molar refractivity (Wildman–Crippen MR) is 184 cm³/mol. The van der Waals surface area contributed by atoms with Crippen LogP contribution in [0.15, 0.2) is 106 Å². The molecule has 0 fully saturated rings. The van der Waals surface area contributed by atoms with Crippen LogP contribution in [0.3, 0.4) is 0 Å². The summed E-state index contributed by atoms with van der Waals surface area (Å²) in [6.07, 6.45) is -0.341. The first-order valence-electron chi connectivity index (χ1n) is 15.1. The van der Waals surface area contributed by atoms with E-state index in [2.05, 4.69) is 36.8 Å². The van der Waals surface area contributed by atoms with Crippen LogP contribution in [0.5, 0.6) is 17.2 Å². The lowest BCUT2D eigenvalue weighted by Crippen LogP contribution is -2.53. The monoisotopic (exact) mass is 714 g/mol. The Labute approximate surface area is 286 Å². The molecule has 1 amide bonds. The molecule has 5 rings (SSSR count). The maximum absolute atomic E-state index is 14.6. The Morgan fingerprint density at radius 1 is 1.02 bits per heavy atom. The SMILES string of the molecule is COc1cc(CNNC(=O)[C@@]2(Cc3ccccc3Br)N=C(c3ccc(OCCCO)cc3)O[C@H]2c2ccccc2N=[N+]=[N-])cc(OC)c1. The van der Waals surface area contributed by atoms with E-state index in [1.165, 1.54) is 0 Å². The highest BCUT2D eigenvalue weighted by Crippen LogP contribution is 2.46. The van der Waals surface area contributed by atoms with Gasteiger partial charge in [0.2, 0.25) is 5.90 Å². The van der Waals surface area contributed by atoms with Gasteiger partial charge in [-0.15, -0.1) is 0 Å². The van der Waals surface area contributed by atoms with E-state index in [1.807, 2.05) is 36.4 Å². The maximum Gasteiger partial charge on any atom is 0.266 e. The van der Waals surface area contributed by atoms with Crippen LogP contribution in [0.4, 0.5) is 5.69 Å². The summed E-state index contributed by atoms with van der Waals surface area (Å²) >= 11 is 3.64. The molecule has 0 saturated carbocycles. The molecule has 2 atom stereocenters. The Kier molecular flexibility index (Phi) is 11.5. The summed E-state index contributed by atoms with van der Waals surface area (Å²) in [5, 5.41) is 13.0. The van der Waals surface area contributed by atoms with Gasteiger partial charge >= 0.3 is 0 Å². The molecule has 4 aromatic carbocycles. The van der Waals surface area contributed by atoms with Crippen molar-refractivity contribution in [2.75, 3.05) is 27.4 Å². The molecular weight excluding hydrogens is 680 g/mol. The van der Waals surface area contributed by atoms with E-state index < -0.39 is 17.6 Å². The number of methoxy groups -OCH3 is 2. The minimum atomic E-state index is -1.56. The van der Waals surface area contributed by atoms with Crippen LogP contribution in [0.2, 0.25) is 0 Å². The van der Waals surface area contributed by atoms with Crippen molar-refractivity contribution in [1.29, 1.82) is 0 Å². The predicted octanol–water partition coefficient (Wildman–Crippen LogP) is 6.49. The number of aliphatic hydroxyl groups excluding tert-OH is 1. The van der Waals surface area contributed by atoms with Gasteiger partial charge in [-0.1, -0.05) is 63.5 Å². The largest absolute Gasteiger partial charge is 0.497 e. The van der Waals surface area contributed by atoms with E-state index in [1.54, 1.807) is 68.8 Å². The second-order valence-corrected chi connectivity index (χ2v) is 11.7. The first-order valence-corrected chi connectivity index (χ1v) is 15.9. The number of hydrogen-bond acceptors (Lipinski definition) is 9. The van der Waals surface area contributed by atoms with Crippen molar-refractivity contribution in [1.82, 2.24) is 10.9 Å². The van der Waals surface area contributed by atoms with Crippen molar-refractivity contribution in [2.24, 2.45) is 10.1 Å². The van der Waals surface area contributed by atoms with Gasteiger partial charge in [-0.2, -0.15) is 0 Å². The smallest absolute Gasteiger partial charge is 0.266 e. The van der Waals surface area contributed by atoms with Crippen LogP contribution in [0.25, 0.3) is 10.4 Å². The number of ether oxygens (including phenoxy) is 4. The standard InChI is InChI=1S/C35H35BrN6O6/c1-45-27-18-23(19-28(20-27)46-2)22-38-41-34(44)35(21-25-8-3-5-10-30(25)36)32(29-9-4-6-11-31(29)40-42-37)48-33(39-35)24-12-14-26(15-13-24)47-17-7-16-43/h3-6,8-15,18-20,32,38,43H,7,16-17,21-22H2,1-2H3,(H,41,44)/t32-,35-/m0/s1. The summed E-state index contributed by atoms with van der Waals surface area (Å²) < 4.78 is 23.9. The minimum Gasteiger partial charge on any atom is -0.497 e. The summed E-state index contributed by atoms with van der Waals surface area (Å²) in [7, 11) is 3.14. The number of carbonyl (C=O) groups excluding carboxylic acids is 1. The molecule has 0 spiro atoms. The van der Waals surface area contributed by atoms with Gasteiger partial charge in [0.25, 0.3) is 5.91 Å². The zero-order valence-corrected chi connectivity index (χ0v) is 28.0. The van der Waals surface area contributed by atoms with Crippen LogP contribution in [0, 0.1) is 0 Å². The number of nitrogens with one attached hydrogen (secondary N) is 2. The summed E-state index contributed by atoms with van der Waals surface area (Å²) in [6, 6.07) is 27.2. The first-order chi connectivity index (χ1) is 23.4. The normalized spacial score (nSPS) is 16.7. The third-order valence-electron chi connectivity index (χ3n) is 7.73. The van der Waals surface area contributed by atoms with Gasteiger partial charge in [0.15, 0.2) is 11.6 Å². The number of hydrogen-bond donors (Lipinski definition) is 3. The number of halogens is 1. The molecule has 48 heavy (non-hydrogen) atoms. The van der Waals surface area contributed by atoms with Gasteiger partial charge < -0.3 is 24.1 Å². The molecule has 1 heterocycles. The number of carbonyl (C=O) groups is 1. The van der Waals surface area contributed by atoms with Crippen molar-refractivity contribution >= 4 is 33.4 Å². The highest BCUT2D eigenvalue weighted by atomic mass is 79.9. The van der Waals surface area contributed by atoms with Crippen molar-refractivity contribution in [3.63, 3.8) is 0 Å². The molecule has 13 heteroatoms. The lowest BCUT2D eigenvalue weighted by Gasteiger charge is -2.31. The lowest BCUT2D eigenvalue weighted by atomic mass is 9.81. The van der Waals surface area contributed by atoms with Crippen molar-refractivity contribution in [2.45, 2.75) is 31.0 Å². The van der Waals surface area contributed by atoms with Gasteiger partial charge in [0, 0.05) is 58.3 Å². The molecule has 0 saturated heterocycles. The first kappa shape index (κ1) is 34.3. The Balaban J connectivity index is 1.56. The summed E-state index contributed by atoms with van der Waals surface area (Å²) in [6.45, 7) is 0.654. The quantitative estimate of drug-likeness (QED) is 0.0417. The molecule has 0 bridgehead atoms. The number of benzene rings is 4. The maximum atomic E-state index is 14.6. The molecule has 1 aliphatic heterocycles. The lowest BCUT2D eigenvalue weighted by molar-refractivity contribution is -0.130. The number of aliphatic hydroxyl groups is 1. The Morgan fingerprint density at radius 2 is 1.73 bits per heavy atom. The average molecular weight is 716 g/mol. The number of hydrazine groups is 1. The summed E-state index contributed by atoms with van der Waals surface area (Å²) in [5.41, 5.74) is 16.8. The van der Waals surface area contributed by atoms with Crippen LogP contribution in [-0.2, 0) is 22.5 Å². The van der Waals surface area contributed by atoms with E-state index >= 15 is 0 Å². The van der Waals surface area contributed by atoms with E-state index in [9.17, 15) is 10.3 Å². The molecule has 12 nitrogen and oxygen atoms in total. The molecular formula is C35H35BrN6O6. The second-order valence-electron chi connectivity index (χ2n) is 10.8. The third kappa shape index (κ3) is 7.89. The van der Waals surface area contributed by atoms with E-state index in [0.29, 0.717) is 47.1 Å². The second kappa shape index (κ2) is 16.2. The van der Waals surface area contributed by atoms with Gasteiger partial charge in [-0.3, -0.25) is 10.2 Å². The molecule has 0 unspecified atom stereocenters. The number of amides is 1. The number of nitrogens with zero attached hydrogens (tertiary/aromatic N) is 4. The Hall–Kier alpha value is -5.07. The molecule has 4 aromatic rings. The number of azide groups is 1. The fraction of sp³-hybridized carbons (Fsp3) is 0.257. The van der Waals surface area contributed by atoms with Gasteiger partial charge in [-0.05, 0) is 59.1 Å². The van der Waals surface area contributed by atoms with Crippen LogP contribution < -0.4 is 25.1 Å². The topological polar surface area (TPSA) is 159 Å². The summed E-state index contributed by atoms with van der Waals surface area (Å²) in [5.74, 6) is 1.61. The number of rotatable bonds is 15.